The molecule has 2 aromatic carbocycles. The van der Waals surface area contributed by atoms with Crippen molar-refractivity contribution in [2.45, 2.75) is 51.0 Å². The molecule has 33 heavy (non-hydrogen) atoms. The van der Waals surface area contributed by atoms with Gasteiger partial charge in [0.1, 0.15) is 5.75 Å². The van der Waals surface area contributed by atoms with Crippen molar-refractivity contribution in [3.05, 3.63) is 58.7 Å². The second-order valence-corrected chi connectivity index (χ2v) is 10.0. The molecule has 1 aliphatic heterocycles. The Bertz CT molecular complexity index is 1050. The van der Waals surface area contributed by atoms with Crippen LogP contribution in [0, 0.1) is 19.8 Å². The summed E-state index contributed by atoms with van der Waals surface area (Å²) < 4.78 is 5.83. The maximum absolute atomic E-state index is 13.5. The fourth-order valence-corrected chi connectivity index (χ4v) is 4.70. The third-order valence-corrected chi connectivity index (χ3v) is 7.00. The Hall–Kier alpha value is -2.80. The van der Waals surface area contributed by atoms with E-state index in [0.717, 1.165) is 21.6 Å². The zero-order chi connectivity index (χ0) is 24.5. The number of ketones is 1. The molecule has 0 radical (unpaired) electrons. The number of carboxylic acids is 1. The van der Waals surface area contributed by atoms with Gasteiger partial charge >= 0.3 is 5.97 Å². The number of carboxylic acid groups (broad SMARTS) is 1. The third-order valence-electron chi connectivity index (χ3n) is 6.26. The van der Waals surface area contributed by atoms with Crippen LogP contribution in [0.2, 0.25) is 0 Å². The van der Waals surface area contributed by atoms with Crippen molar-refractivity contribution in [2.24, 2.45) is 5.92 Å². The lowest BCUT2D eigenvalue weighted by molar-refractivity contribution is -0.152. The molecule has 7 heteroatoms. The second-order valence-electron chi connectivity index (χ2n) is 9.13. The topological polar surface area (TPSA) is 83.9 Å². The zero-order valence-electron chi connectivity index (χ0n) is 20.0. The molecular weight excluding hydrogens is 438 g/mol. The molecular formula is C26H31NO5S. The summed E-state index contributed by atoms with van der Waals surface area (Å²) >= 11 is 1.62. The normalized spacial score (nSPS) is 18.3. The monoisotopic (exact) mass is 469 g/mol. The highest BCUT2D eigenvalue weighted by Crippen LogP contribution is 2.39. The van der Waals surface area contributed by atoms with Gasteiger partial charge in [-0.15, -0.1) is 11.8 Å². The van der Waals surface area contributed by atoms with Crippen molar-refractivity contribution < 1.29 is 24.2 Å². The number of hydrogen-bond donors (Lipinski definition) is 1. The van der Waals surface area contributed by atoms with Crippen molar-refractivity contribution >= 4 is 29.4 Å². The fraction of sp³-hybridized carbons (Fsp3) is 0.423. The Morgan fingerprint density at radius 1 is 1.06 bits per heavy atom. The predicted molar refractivity (Wildman–Crippen MR) is 129 cm³/mol. The quantitative estimate of drug-likeness (QED) is 0.467. The minimum absolute atomic E-state index is 0.0269. The average molecular weight is 470 g/mol. The van der Waals surface area contributed by atoms with E-state index in [2.05, 4.69) is 0 Å². The van der Waals surface area contributed by atoms with Gasteiger partial charge in [-0.25, -0.2) is 4.79 Å². The second kappa shape index (κ2) is 9.59. The van der Waals surface area contributed by atoms with Crippen LogP contribution < -0.4 is 4.74 Å². The number of Topliss-reactive ketones (excluding diaryl/α,β-unsaturated/α-hetero) is 1. The Morgan fingerprint density at radius 2 is 1.64 bits per heavy atom. The number of hydrogen-bond acceptors (Lipinski definition) is 5. The molecule has 1 saturated heterocycles. The molecule has 1 heterocycles. The number of aryl methyl sites for hydroxylation is 2. The summed E-state index contributed by atoms with van der Waals surface area (Å²) in [6.45, 7) is 9.15. The lowest BCUT2D eigenvalue weighted by atomic mass is 9.82. The fourth-order valence-electron chi connectivity index (χ4n) is 4.29. The van der Waals surface area contributed by atoms with Gasteiger partial charge in [0.25, 0.3) is 0 Å². The molecule has 0 aliphatic carbocycles. The van der Waals surface area contributed by atoms with Crippen molar-refractivity contribution in [3.8, 4) is 5.75 Å². The molecule has 1 N–H and O–H groups in total. The molecule has 2 unspecified atom stereocenters. The van der Waals surface area contributed by atoms with Crippen molar-refractivity contribution in [1.29, 1.82) is 0 Å². The van der Waals surface area contributed by atoms with Gasteiger partial charge in [0.15, 0.2) is 11.4 Å². The molecule has 3 rings (SSSR count). The predicted octanol–water partition coefficient (Wildman–Crippen LogP) is 4.71. The number of nitrogens with zero attached hydrogens (tertiary/aromatic N) is 1. The molecule has 176 valence electrons. The Morgan fingerprint density at radius 3 is 2.12 bits per heavy atom. The number of likely N-dealkylation sites (tertiary alicyclic amines) is 1. The van der Waals surface area contributed by atoms with Crippen LogP contribution >= 0.6 is 11.8 Å². The average Bonchev–Trinajstić information content (AvgIpc) is 3.21. The number of carbonyl (C=O) groups is 3. The minimum Gasteiger partial charge on any atom is -0.478 e. The standard InChI is InChI=1S/C26H31NO5S/c1-15-11-19(12-16(2)24(15)32-26(4,5)25(30)31)21-13-27(17(3)28)14-22(21)23(29)18-7-9-20(33-6)10-8-18/h7-12,21-22H,13-14H2,1-6H3,(H,30,31). The number of carbonyl (C=O) groups excluding carboxylic acids is 2. The van der Waals surface area contributed by atoms with E-state index in [1.165, 1.54) is 20.8 Å². The van der Waals surface area contributed by atoms with E-state index in [0.29, 0.717) is 24.4 Å². The first-order valence-electron chi connectivity index (χ1n) is 10.9. The van der Waals surface area contributed by atoms with Gasteiger partial charge in [0, 0.05) is 42.3 Å². The molecule has 0 bridgehead atoms. The van der Waals surface area contributed by atoms with Crippen LogP contribution in [0.15, 0.2) is 41.3 Å². The lowest BCUT2D eigenvalue weighted by Gasteiger charge is -2.26. The van der Waals surface area contributed by atoms with E-state index in [-0.39, 0.29) is 23.5 Å². The summed E-state index contributed by atoms with van der Waals surface area (Å²) in [5.41, 5.74) is 1.84. The molecule has 1 aliphatic rings. The lowest BCUT2D eigenvalue weighted by Crippen LogP contribution is -2.38. The first-order chi connectivity index (χ1) is 15.4. The molecule has 0 saturated carbocycles. The summed E-state index contributed by atoms with van der Waals surface area (Å²) in [5.74, 6) is -1.04. The van der Waals surface area contributed by atoms with E-state index < -0.39 is 11.6 Å². The molecule has 0 spiro atoms. The summed E-state index contributed by atoms with van der Waals surface area (Å²) in [6, 6.07) is 11.5. The van der Waals surface area contributed by atoms with Crippen LogP contribution in [0.1, 0.15) is 53.7 Å². The molecule has 2 atom stereocenters. The van der Waals surface area contributed by atoms with Crippen molar-refractivity contribution in [1.82, 2.24) is 4.90 Å². The van der Waals surface area contributed by atoms with E-state index >= 15 is 0 Å². The molecule has 1 fully saturated rings. The number of ether oxygens (including phenoxy) is 1. The summed E-state index contributed by atoms with van der Waals surface area (Å²) in [6.07, 6.45) is 1.99. The molecule has 0 aromatic heterocycles. The number of benzene rings is 2. The summed E-state index contributed by atoms with van der Waals surface area (Å²) in [7, 11) is 0. The molecule has 1 amide bonds. The van der Waals surface area contributed by atoms with Gasteiger partial charge in [-0.1, -0.05) is 24.3 Å². The van der Waals surface area contributed by atoms with E-state index in [9.17, 15) is 19.5 Å². The Balaban J connectivity index is 1.96. The van der Waals surface area contributed by atoms with Crippen LogP contribution in [0.3, 0.4) is 0 Å². The van der Waals surface area contributed by atoms with E-state index in [1.54, 1.807) is 16.7 Å². The molecule has 2 aromatic rings. The highest BCUT2D eigenvalue weighted by Gasteiger charge is 2.40. The van der Waals surface area contributed by atoms with Crippen LogP contribution in [0.5, 0.6) is 5.75 Å². The third kappa shape index (κ3) is 5.24. The van der Waals surface area contributed by atoms with Crippen molar-refractivity contribution in [3.63, 3.8) is 0 Å². The van der Waals surface area contributed by atoms with Crippen LogP contribution in [-0.2, 0) is 9.59 Å². The van der Waals surface area contributed by atoms with Gasteiger partial charge in [0.2, 0.25) is 5.91 Å². The van der Waals surface area contributed by atoms with E-state index in [4.69, 9.17) is 4.74 Å². The van der Waals surface area contributed by atoms with Gasteiger partial charge in [-0.3, -0.25) is 9.59 Å². The summed E-state index contributed by atoms with van der Waals surface area (Å²) in [5, 5.41) is 9.43. The van der Waals surface area contributed by atoms with Gasteiger partial charge in [0.05, 0.1) is 0 Å². The smallest absolute Gasteiger partial charge is 0.347 e. The maximum atomic E-state index is 13.5. The highest BCUT2D eigenvalue weighted by molar-refractivity contribution is 7.98. The van der Waals surface area contributed by atoms with E-state index in [1.807, 2.05) is 56.5 Å². The zero-order valence-corrected chi connectivity index (χ0v) is 20.8. The summed E-state index contributed by atoms with van der Waals surface area (Å²) in [4.78, 5) is 40.0. The van der Waals surface area contributed by atoms with Crippen LogP contribution in [0.25, 0.3) is 0 Å². The van der Waals surface area contributed by atoms with Gasteiger partial charge < -0.3 is 14.7 Å². The van der Waals surface area contributed by atoms with Crippen molar-refractivity contribution in [2.75, 3.05) is 19.3 Å². The molecule has 6 nitrogen and oxygen atoms in total. The Labute approximate surface area is 199 Å². The van der Waals surface area contributed by atoms with Gasteiger partial charge in [-0.05, 0) is 62.8 Å². The number of thioether (sulfide) groups is 1. The minimum atomic E-state index is -1.36. The first-order valence-corrected chi connectivity index (χ1v) is 12.1. The van der Waals surface area contributed by atoms with Crippen LogP contribution in [0.4, 0.5) is 0 Å². The number of rotatable bonds is 7. The largest absolute Gasteiger partial charge is 0.478 e. The SMILES string of the molecule is CSc1ccc(C(=O)C2CN(C(C)=O)CC2c2cc(C)c(OC(C)(C)C(=O)O)c(C)c2)cc1. The Kier molecular flexibility index (Phi) is 7.22. The van der Waals surface area contributed by atoms with Crippen LogP contribution in [-0.4, -0.2) is 52.6 Å². The number of amides is 1. The highest BCUT2D eigenvalue weighted by atomic mass is 32.2. The number of aliphatic carboxylic acids is 1. The maximum Gasteiger partial charge on any atom is 0.347 e. The first kappa shape index (κ1) is 24.8. The van der Waals surface area contributed by atoms with Gasteiger partial charge in [-0.2, -0.15) is 0 Å².